The number of rotatable bonds is 8. The maximum absolute atomic E-state index is 5.32. The summed E-state index contributed by atoms with van der Waals surface area (Å²) in [5.41, 5.74) is 1.35. The van der Waals surface area contributed by atoms with E-state index < -0.39 is 0 Å². The lowest BCUT2D eigenvalue weighted by atomic mass is 10.0. The predicted molar refractivity (Wildman–Crippen MR) is 76.8 cm³/mol. The number of nitrogens with one attached hydrogen (secondary N) is 1. The van der Waals surface area contributed by atoms with Gasteiger partial charge in [0.05, 0.1) is 7.11 Å². The Kier molecular flexibility index (Phi) is 6.98. The third kappa shape index (κ3) is 5.25. The normalized spacial score (nSPS) is 11.8. The Hall–Kier alpha value is -1.46. The van der Waals surface area contributed by atoms with Gasteiger partial charge in [0.2, 0.25) is 0 Å². The van der Waals surface area contributed by atoms with Crippen molar-refractivity contribution < 1.29 is 4.74 Å². The third-order valence-electron chi connectivity index (χ3n) is 3.07. The highest BCUT2D eigenvalue weighted by Gasteiger charge is 2.06. The van der Waals surface area contributed by atoms with E-state index in [1.807, 2.05) is 12.1 Å². The number of hydrogen-bond donors (Lipinski definition) is 1. The van der Waals surface area contributed by atoms with Crippen LogP contribution in [0, 0.1) is 12.3 Å². The molecule has 0 radical (unpaired) electrons. The Morgan fingerprint density at radius 2 is 2.00 bits per heavy atom. The molecular weight excluding hydrogens is 222 g/mol. The molecule has 0 amide bonds. The van der Waals surface area contributed by atoms with Crippen LogP contribution in [0.25, 0.3) is 0 Å². The number of aryl methyl sites for hydroxylation is 1. The molecule has 0 spiro atoms. The second kappa shape index (κ2) is 8.60. The fourth-order valence-electron chi connectivity index (χ4n) is 2.03. The van der Waals surface area contributed by atoms with Gasteiger partial charge in [0.25, 0.3) is 0 Å². The van der Waals surface area contributed by atoms with E-state index in [1.165, 1.54) is 5.56 Å². The average Bonchev–Trinajstić information content (AvgIpc) is 2.42. The number of terminal acetylenes is 1. The van der Waals surface area contributed by atoms with Crippen LogP contribution in [0.5, 0.6) is 5.75 Å². The molecule has 0 aliphatic rings. The van der Waals surface area contributed by atoms with E-state index in [4.69, 9.17) is 11.2 Å². The van der Waals surface area contributed by atoms with Gasteiger partial charge in [-0.25, -0.2) is 0 Å². The summed E-state index contributed by atoms with van der Waals surface area (Å²) in [6.07, 6.45) is 9.43. The van der Waals surface area contributed by atoms with Crippen LogP contribution in [0.15, 0.2) is 24.3 Å². The summed E-state index contributed by atoms with van der Waals surface area (Å²) in [5, 5.41) is 3.49. The fraction of sp³-hybridized carbons (Fsp3) is 0.500. The minimum atomic E-state index is 0.521. The molecule has 1 unspecified atom stereocenters. The standard InChI is InChI=1S/C16H23NO/c1-4-6-7-15(17-5-2)11-8-14-9-12-16(18-3)13-10-14/h1,9-10,12-13,15,17H,5-8,11H2,2-3H3. The van der Waals surface area contributed by atoms with E-state index >= 15 is 0 Å². The van der Waals surface area contributed by atoms with Crippen molar-refractivity contribution in [1.82, 2.24) is 5.32 Å². The maximum Gasteiger partial charge on any atom is 0.118 e. The highest BCUT2D eigenvalue weighted by Crippen LogP contribution is 2.14. The lowest BCUT2D eigenvalue weighted by Gasteiger charge is -2.16. The van der Waals surface area contributed by atoms with Crippen LogP contribution in [0.1, 0.15) is 31.7 Å². The highest BCUT2D eigenvalue weighted by atomic mass is 16.5. The number of hydrogen-bond acceptors (Lipinski definition) is 2. The summed E-state index contributed by atoms with van der Waals surface area (Å²) in [5.74, 6) is 3.62. The van der Waals surface area contributed by atoms with Crippen LogP contribution >= 0.6 is 0 Å². The first-order valence-corrected chi connectivity index (χ1v) is 6.60. The van der Waals surface area contributed by atoms with Crippen molar-refractivity contribution >= 4 is 0 Å². The Labute approximate surface area is 111 Å². The Morgan fingerprint density at radius 3 is 2.56 bits per heavy atom. The predicted octanol–water partition coefficient (Wildman–Crippen LogP) is 3.02. The zero-order valence-corrected chi connectivity index (χ0v) is 11.4. The molecule has 0 aliphatic carbocycles. The molecule has 0 saturated carbocycles. The Bertz CT molecular complexity index is 364. The summed E-state index contributed by atoms with van der Waals surface area (Å²) >= 11 is 0. The summed E-state index contributed by atoms with van der Waals surface area (Å²) in [6.45, 7) is 3.13. The van der Waals surface area contributed by atoms with Crippen molar-refractivity contribution in [2.75, 3.05) is 13.7 Å². The molecule has 0 saturated heterocycles. The van der Waals surface area contributed by atoms with E-state index in [0.29, 0.717) is 6.04 Å². The van der Waals surface area contributed by atoms with E-state index in [1.54, 1.807) is 7.11 Å². The lowest BCUT2D eigenvalue weighted by molar-refractivity contribution is 0.414. The van der Waals surface area contributed by atoms with Gasteiger partial charge in [0.1, 0.15) is 5.75 Å². The van der Waals surface area contributed by atoms with Gasteiger partial charge in [-0.2, -0.15) is 0 Å². The molecule has 2 heteroatoms. The minimum Gasteiger partial charge on any atom is -0.497 e. The van der Waals surface area contributed by atoms with E-state index in [0.717, 1.165) is 38.0 Å². The Morgan fingerprint density at radius 1 is 1.28 bits per heavy atom. The smallest absolute Gasteiger partial charge is 0.118 e. The largest absolute Gasteiger partial charge is 0.497 e. The van der Waals surface area contributed by atoms with Gasteiger partial charge >= 0.3 is 0 Å². The first-order chi connectivity index (χ1) is 8.80. The molecule has 1 rings (SSSR count). The molecule has 0 aliphatic heterocycles. The molecule has 0 bridgehead atoms. The minimum absolute atomic E-state index is 0.521. The SMILES string of the molecule is C#CCCC(CCc1ccc(OC)cc1)NCC. The van der Waals surface area contributed by atoms with E-state index in [2.05, 4.69) is 30.3 Å². The van der Waals surface area contributed by atoms with Gasteiger partial charge in [-0.3, -0.25) is 0 Å². The second-order valence-corrected chi connectivity index (χ2v) is 4.38. The van der Waals surface area contributed by atoms with Crippen molar-refractivity contribution in [3.05, 3.63) is 29.8 Å². The average molecular weight is 245 g/mol. The van der Waals surface area contributed by atoms with Crippen LogP contribution in [0.4, 0.5) is 0 Å². The summed E-state index contributed by atoms with van der Waals surface area (Å²) < 4.78 is 5.15. The quantitative estimate of drug-likeness (QED) is 0.711. The first kappa shape index (κ1) is 14.6. The molecule has 1 aromatic rings. The molecule has 1 atom stereocenters. The van der Waals surface area contributed by atoms with Gasteiger partial charge in [-0.1, -0.05) is 19.1 Å². The molecule has 1 N–H and O–H groups in total. The maximum atomic E-state index is 5.32. The zero-order chi connectivity index (χ0) is 13.2. The van der Waals surface area contributed by atoms with Gasteiger partial charge < -0.3 is 10.1 Å². The van der Waals surface area contributed by atoms with Crippen molar-refractivity contribution in [1.29, 1.82) is 0 Å². The molecule has 0 aromatic heterocycles. The lowest BCUT2D eigenvalue weighted by Crippen LogP contribution is -2.29. The topological polar surface area (TPSA) is 21.3 Å². The van der Waals surface area contributed by atoms with Crippen LogP contribution in [0.3, 0.4) is 0 Å². The van der Waals surface area contributed by atoms with Crippen molar-refractivity contribution in [2.45, 2.75) is 38.6 Å². The summed E-state index contributed by atoms with van der Waals surface area (Å²) in [6, 6.07) is 8.80. The molecule has 2 nitrogen and oxygen atoms in total. The van der Waals surface area contributed by atoms with Crippen LogP contribution in [-0.2, 0) is 6.42 Å². The number of ether oxygens (including phenoxy) is 1. The fourth-order valence-corrected chi connectivity index (χ4v) is 2.03. The first-order valence-electron chi connectivity index (χ1n) is 6.60. The molecular formula is C16H23NO. The van der Waals surface area contributed by atoms with Crippen molar-refractivity contribution in [2.24, 2.45) is 0 Å². The third-order valence-corrected chi connectivity index (χ3v) is 3.07. The molecule has 0 heterocycles. The van der Waals surface area contributed by atoms with E-state index in [-0.39, 0.29) is 0 Å². The van der Waals surface area contributed by atoms with Crippen molar-refractivity contribution in [3.8, 4) is 18.1 Å². The molecule has 18 heavy (non-hydrogen) atoms. The molecule has 98 valence electrons. The zero-order valence-electron chi connectivity index (χ0n) is 11.4. The van der Waals surface area contributed by atoms with Crippen LogP contribution in [0.2, 0.25) is 0 Å². The summed E-state index contributed by atoms with van der Waals surface area (Å²) in [4.78, 5) is 0. The van der Waals surface area contributed by atoms with Crippen LogP contribution < -0.4 is 10.1 Å². The molecule has 0 fully saturated rings. The van der Waals surface area contributed by atoms with Gasteiger partial charge in [0, 0.05) is 12.5 Å². The molecule has 1 aromatic carbocycles. The van der Waals surface area contributed by atoms with Gasteiger partial charge in [-0.15, -0.1) is 12.3 Å². The van der Waals surface area contributed by atoms with Gasteiger partial charge in [-0.05, 0) is 43.5 Å². The Balaban J connectivity index is 2.42. The summed E-state index contributed by atoms with van der Waals surface area (Å²) in [7, 11) is 1.69. The van der Waals surface area contributed by atoms with Crippen molar-refractivity contribution in [3.63, 3.8) is 0 Å². The van der Waals surface area contributed by atoms with Gasteiger partial charge in [0.15, 0.2) is 0 Å². The monoisotopic (exact) mass is 245 g/mol. The number of methoxy groups -OCH3 is 1. The highest BCUT2D eigenvalue weighted by molar-refractivity contribution is 5.27. The second-order valence-electron chi connectivity index (χ2n) is 4.38. The van der Waals surface area contributed by atoms with Crippen LogP contribution in [-0.4, -0.2) is 19.7 Å². The number of benzene rings is 1. The van der Waals surface area contributed by atoms with E-state index in [9.17, 15) is 0 Å².